The van der Waals surface area contributed by atoms with Crippen LogP contribution in [0.15, 0.2) is 12.1 Å². The number of nitrogens with zero attached hydrogens (tertiary/aromatic N) is 2. The topological polar surface area (TPSA) is 23.6 Å². The molecule has 3 heteroatoms. The molecule has 0 spiro atoms. The molecule has 0 aromatic heterocycles. The summed E-state index contributed by atoms with van der Waals surface area (Å²) < 4.78 is 0. The highest BCUT2D eigenvalue weighted by Gasteiger charge is 2.37. The van der Waals surface area contributed by atoms with Gasteiger partial charge in [0.2, 0.25) is 0 Å². The van der Waals surface area contributed by atoms with Crippen LogP contribution in [-0.4, -0.2) is 35.5 Å². The highest BCUT2D eigenvalue weighted by molar-refractivity contribution is 5.77. The maximum atomic E-state index is 12.3. The van der Waals surface area contributed by atoms with Gasteiger partial charge in [-0.05, 0) is 51.3 Å². The number of rotatable bonds is 2. The number of carbonyl (C=O) groups excluding carboxylic acids is 1. The number of carbonyl (C=O) groups is 1. The molecule has 2 rings (SSSR count). The van der Waals surface area contributed by atoms with Crippen molar-refractivity contribution in [1.29, 1.82) is 0 Å². The number of likely N-dealkylation sites (N-methyl/N-ethyl adjacent to an activating group) is 1. The van der Waals surface area contributed by atoms with Crippen LogP contribution < -0.4 is 0 Å². The first kappa shape index (κ1) is 13.9. The van der Waals surface area contributed by atoms with Crippen molar-refractivity contribution in [2.24, 2.45) is 0 Å². The van der Waals surface area contributed by atoms with Crippen LogP contribution in [0.2, 0.25) is 0 Å². The molecule has 1 aliphatic heterocycles. The van der Waals surface area contributed by atoms with Gasteiger partial charge in [-0.15, -0.1) is 0 Å². The number of urea groups is 1. The Labute approximate surface area is 116 Å². The summed E-state index contributed by atoms with van der Waals surface area (Å²) in [5, 5.41) is 0. The van der Waals surface area contributed by atoms with Crippen LogP contribution in [0.1, 0.15) is 42.1 Å². The van der Waals surface area contributed by atoms with Gasteiger partial charge < -0.3 is 9.80 Å². The second-order valence-corrected chi connectivity index (χ2v) is 5.97. The van der Waals surface area contributed by atoms with E-state index in [0.29, 0.717) is 0 Å². The molecule has 2 amide bonds. The van der Waals surface area contributed by atoms with Gasteiger partial charge in [-0.3, -0.25) is 0 Å². The Bertz CT molecular complexity index is 484. The molecule has 3 nitrogen and oxygen atoms in total. The van der Waals surface area contributed by atoms with Crippen LogP contribution in [0.3, 0.4) is 0 Å². The molecule has 0 N–H and O–H groups in total. The smallest absolute Gasteiger partial charge is 0.320 e. The van der Waals surface area contributed by atoms with Crippen LogP contribution >= 0.6 is 0 Å². The summed E-state index contributed by atoms with van der Waals surface area (Å²) in [6.45, 7) is 11.3. The normalized spacial score (nSPS) is 19.7. The molecule has 1 aliphatic rings. The molecule has 1 fully saturated rings. The monoisotopic (exact) mass is 260 g/mol. The molecule has 0 aliphatic carbocycles. The van der Waals surface area contributed by atoms with E-state index in [9.17, 15) is 4.79 Å². The second-order valence-electron chi connectivity index (χ2n) is 5.97. The summed E-state index contributed by atoms with van der Waals surface area (Å²) in [5.74, 6) is 0. The Morgan fingerprint density at radius 2 is 1.68 bits per heavy atom. The highest BCUT2D eigenvalue weighted by Crippen LogP contribution is 2.33. The number of benzene rings is 1. The van der Waals surface area contributed by atoms with E-state index in [2.05, 4.69) is 46.8 Å². The standard InChI is InChI=1S/C16H24N2O/c1-10(2)18-9-14(17(6)16(18)19)15-12(4)7-11(3)8-13(15)5/h7-8,10,14H,9H2,1-6H3. The van der Waals surface area contributed by atoms with Crippen LogP contribution in [0.5, 0.6) is 0 Å². The number of hydrogen-bond acceptors (Lipinski definition) is 1. The van der Waals surface area contributed by atoms with E-state index >= 15 is 0 Å². The molecule has 0 radical (unpaired) electrons. The average molecular weight is 260 g/mol. The lowest BCUT2D eigenvalue weighted by molar-refractivity contribution is 0.187. The van der Waals surface area contributed by atoms with E-state index in [1.54, 1.807) is 0 Å². The Morgan fingerprint density at radius 1 is 1.16 bits per heavy atom. The van der Waals surface area contributed by atoms with Gasteiger partial charge in [0.25, 0.3) is 0 Å². The first-order valence-electron chi connectivity index (χ1n) is 6.94. The van der Waals surface area contributed by atoms with Crippen LogP contribution in [0, 0.1) is 20.8 Å². The van der Waals surface area contributed by atoms with E-state index in [1.165, 1.54) is 22.3 Å². The fourth-order valence-electron chi connectivity index (χ4n) is 3.16. The zero-order chi connectivity index (χ0) is 14.3. The highest BCUT2D eigenvalue weighted by atomic mass is 16.2. The lowest BCUT2D eigenvalue weighted by atomic mass is 9.94. The van der Waals surface area contributed by atoms with Gasteiger partial charge in [-0.2, -0.15) is 0 Å². The maximum Gasteiger partial charge on any atom is 0.320 e. The van der Waals surface area contributed by atoms with Gasteiger partial charge in [-0.25, -0.2) is 4.79 Å². The summed E-state index contributed by atoms with van der Waals surface area (Å²) in [6, 6.07) is 4.98. The quantitative estimate of drug-likeness (QED) is 0.799. The molecule has 1 aromatic rings. The molecule has 0 saturated carbocycles. The third-order valence-corrected chi connectivity index (χ3v) is 4.08. The van der Waals surface area contributed by atoms with Crippen molar-refractivity contribution in [3.63, 3.8) is 0 Å². The molecule has 1 unspecified atom stereocenters. The third kappa shape index (κ3) is 2.34. The summed E-state index contributed by atoms with van der Waals surface area (Å²) in [7, 11) is 1.91. The number of hydrogen-bond donors (Lipinski definition) is 0. The Morgan fingerprint density at radius 3 is 2.11 bits per heavy atom. The van der Waals surface area contributed by atoms with Crippen molar-refractivity contribution < 1.29 is 4.79 Å². The lowest BCUT2D eigenvalue weighted by Crippen LogP contribution is -2.34. The van der Waals surface area contributed by atoms with E-state index in [4.69, 9.17) is 0 Å². The summed E-state index contributed by atoms with van der Waals surface area (Å²) in [4.78, 5) is 16.1. The summed E-state index contributed by atoms with van der Waals surface area (Å²) >= 11 is 0. The number of amides is 2. The lowest BCUT2D eigenvalue weighted by Gasteiger charge is -2.22. The van der Waals surface area contributed by atoms with E-state index in [0.717, 1.165) is 6.54 Å². The van der Waals surface area contributed by atoms with Gasteiger partial charge in [0.05, 0.1) is 6.04 Å². The van der Waals surface area contributed by atoms with E-state index in [1.807, 2.05) is 16.8 Å². The Hall–Kier alpha value is -1.51. The molecule has 1 heterocycles. The molecule has 19 heavy (non-hydrogen) atoms. The van der Waals surface area contributed by atoms with Gasteiger partial charge >= 0.3 is 6.03 Å². The van der Waals surface area contributed by atoms with Gasteiger partial charge in [0.1, 0.15) is 0 Å². The fourth-order valence-corrected chi connectivity index (χ4v) is 3.16. The predicted octanol–water partition coefficient (Wildman–Crippen LogP) is 3.43. The third-order valence-electron chi connectivity index (χ3n) is 4.08. The minimum Gasteiger partial charge on any atom is -0.320 e. The van der Waals surface area contributed by atoms with Crippen molar-refractivity contribution in [2.75, 3.05) is 13.6 Å². The van der Waals surface area contributed by atoms with E-state index in [-0.39, 0.29) is 18.1 Å². The zero-order valence-corrected chi connectivity index (χ0v) is 12.8. The van der Waals surface area contributed by atoms with Crippen LogP contribution in [0.4, 0.5) is 4.79 Å². The van der Waals surface area contributed by atoms with Crippen molar-refractivity contribution in [3.05, 3.63) is 34.4 Å². The van der Waals surface area contributed by atoms with Crippen molar-refractivity contribution in [2.45, 2.75) is 46.7 Å². The van der Waals surface area contributed by atoms with Gasteiger partial charge in [-0.1, -0.05) is 17.7 Å². The second kappa shape index (κ2) is 4.87. The van der Waals surface area contributed by atoms with Crippen LogP contribution in [0.25, 0.3) is 0 Å². The molecule has 1 atom stereocenters. The molecule has 1 aromatic carbocycles. The van der Waals surface area contributed by atoms with Gasteiger partial charge in [0.15, 0.2) is 0 Å². The molecular weight excluding hydrogens is 236 g/mol. The first-order valence-corrected chi connectivity index (χ1v) is 6.94. The maximum absolute atomic E-state index is 12.3. The van der Waals surface area contributed by atoms with Crippen molar-refractivity contribution in [3.8, 4) is 0 Å². The molecule has 1 saturated heterocycles. The summed E-state index contributed by atoms with van der Waals surface area (Å²) in [5.41, 5.74) is 5.16. The number of aryl methyl sites for hydroxylation is 3. The molecule has 104 valence electrons. The zero-order valence-electron chi connectivity index (χ0n) is 12.8. The Balaban J connectivity index is 2.41. The Kier molecular flexibility index (Phi) is 3.57. The van der Waals surface area contributed by atoms with E-state index < -0.39 is 0 Å². The van der Waals surface area contributed by atoms with Gasteiger partial charge in [0, 0.05) is 19.6 Å². The minimum atomic E-state index is 0.138. The fraction of sp³-hybridized carbons (Fsp3) is 0.562. The predicted molar refractivity (Wildman–Crippen MR) is 78.4 cm³/mol. The van der Waals surface area contributed by atoms with Crippen molar-refractivity contribution >= 4 is 6.03 Å². The minimum absolute atomic E-state index is 0.138. The average Bonchev–Trinajstić information content (AvgIpc) is 2.56. The van der Waals surface area contributed by atoms with Crippen molar-refractivity contribution in [1.82, 2.24) is 9.80 Å². The molecular formula is C16H24N2O. The SMILES string of the molecule is Cc1cc(C)c(C2CN(C(C)C)C(=O)N2C)c(C)c1. The largest absolute Gasteiger partial charge is 0.320 e. The summed E-state index contributed by atoms with van der Waals surface area (Å²) in [6.07, 6.45) is 0. The van der Waals surface area contributed by atoms with Crippen LogP contribution in [-0.2, 0) is 0 Å². The first-order chi connectivity index (χ1) is 8.82. The molecule has 0 bridgehead atoms.